The second kappa shape index (κ2) is 7.85. The Morgan fingerprint density at radius 3 is 2.30 bits per heavy atom. The number of nitrogens with zero attached hydrogens (tertiary/aromatic N) is 4. The average molecular weight is 439 g/mol. The van der Waals surface area contributed by atoms with Crippen molar-refractivity contribution in [2.45, 2.75) is 6.92 Å². The zero-order valence-electron chi connectivity index (χ0n) is 16.5. The number of para-hydroxylation sites is 1. The quantitative estimate of drug-likeness (QED) is 0.379. The topological polar surface area (TPSA) is 32.3 Å². The van der Waals surface area contributed by atoms with Gasteiger partial charge in [0.1, 0.15) is 16.5 Å². The fourth-order valence-electron chi connectivity index (χ4n) is 4.12. The summed E-state index contributed by atoms with van der Waals surface area (Å²) in [4.78, 5) is 15.6. The van der Waals surface area contributed by atoms with Crippen LogP contribution in [0.5, 0.6) is 0 Å². The van der Waals surface area contributed by atoms with Gasteiger partial charge in [0.2, 0.25) is 5.28 Å². The molecule has 1 aliphatic heterocycles. The third-order valence-corrected chi connectivity index (χ3v) is 6.68. The van der Waals surface area contributed by atoms with Crippen LogP contribution in [0.1, 0.15) is 4.88 Å². The smallest absolute Gasteiger partial charge is 0.225 e. The SMILES string of the molecule is Cc1sc2nc(Cl)nc(N3CCN(c4ccccc4F)CC3)c2c1-c1ccccc1. The van der Waals surface area contributed by atoms with Crippen molar-refractivity contribution in [3.8, 4) is 11.1 Å². The maximum absolute atomic E-state index is 14.2. The van der Waals surface area contributed by atoms with Crippen molar-refractivity contribution in [2.75, 3.05) is 36.0 Å². The molecule has 30 heavy (non-hydrogen) atoms. The van der Waals surface area contributed by atoms with Crippen molar-refractivity contribution < 1.29 is 4.39 Å². The van der Waals surface area contributed by atoms with E-state index in [0.29, 0.717) is 18.8 Å². The highest BCUT2D eigenvalue weighted by Crippen LogP contribution is 2.42. The predicted molar refractivity (Wildman–Crippen MR) is 123 cm³/mol. The first-order chi connectivity index (χ1) is 14.6. The predicted octanol–water partition coefficient (Wildman–Crippen LogP) is 5.79. The van der Waals surface area contributed by atoms with Gasteiger partial charge < -0.3 is 9.80 Å². The summed E-state index contributed by atoms with van der Waals surface area (Å²) in [5.41, 5.74) is 2.97. The molecular formula is C23H20ClFN4S. The third kappa shape index (κ3) is 3.40. The zero-order valence-corrected chi connectivity index (χ0v) is 18.1. The van der Waals surface area contributed by atoms with Crippen LogP contribution in [0.4, 0.5) is 15.9 Å². The molecule has 5 rings (SSSR count). The second-order valence-corrected chi connectivity index (χ2v) is 8.86. The Labute approximate surface area is 183 Å². The van der Waals surface area contributed by atoms with E-state index in [-0.39, 0.29) is 11.1 Å². The van der Waals surface area contributed by atoms with E-state index in [9.17, 15) is 4.39 Å². The molecule has 4 aromatic rings. The van der Waals surface area contributed by atoms with Crippen LogP contribution >= 0.6 is 22.9 Å². The molecule has 1 saturated heterocycles. The first-order valence-corrected chi connectivity index (χ1v) is 11.1. The maximum Gasteiger partial charge on any atom is 0.225 e. The molecule has 0 radical (unpaired) electrons. The Kier molecular flexibility index (Phi) is 5.05. The van der Waals surface area contributed by atoms with Crippen LogP contribution in [0.3, 0.4) is 0 Å². The summed E-state index contributed by atoms with van der Waals surface area (Å²) in [5.74, 6) is 0.680. The van der Waals surface area contributed by atoms with E-state index in [4.69, 9.17) is 11.6 Å². The van der Waals surface area contributed by atoms with Gasteiger partial charge in [-0.25, -0.2) is 9.37 Å². The first-order valence-electron chi connectivity index (χ1n) is 9.88. The molecule has 0 amide bonds. The molecule has 7 heteroatoms. The molecule has 152 valence electrons. The van der Waals surface area contributed by atoms with Gasteiger partial charge in [0.15, 0.2) is 0 Å². The normalized spacial score (nSPS) is 14.5. The van der Waals surface area contributed by atoms with Gasteiger partial charge in [0, 0.05) is 36.6 Å². The van der Waals surface area contributed by atoms with Gasteiger partial charge in [-0.3, -0.25) is 0 Å². The number of halogens is 2. The van der Waals surface area contributed by atoms with Gasteiger partial charge in [-0.1, -0.05) is 42.5 Å². The highest BCUT2D eigenvalue weighted by molar-refractivity contribution is 7.19. The summed E-state index contributed by atoms with van der Waals surface area (Å²) >= 11 is 7.94. The fourth-order valence-corrected chi connectivity index (χ4v) is 5.37. The van der Waals surface area contributed by atoms with E-state index in [1.54, 1.807) is 17.4 Å². The Hall–Kier alpha value is -2.70. The number of rotatable bonds is 3. The van der Waals surface area contributed by atoms with Crippen molar-refractivity contribution in [2.24, 2.45) is 0 Å². The number of piperazine rings is 1. The third-order valence-electron chi connectivity index (χ3n) is 5.52. The fraction of sp³-hybridized carbons (Fsp3) is 0.217. The van der Waals surface area contributed by atoms with E-state index < -0.39 is 0 Å². The Morgan fingerprint density at radius 1 is 0.900 bits per heavy atom. The lowest BCUT2D eigenvalue weighted by molar-refractivity contribution is 0.596. The van der Waals surface area contributed by atoms with Crippen molar-refractivity contribution >= 4 is 44.7 Å². The lowest BCUT2D eigenvalue weighted by Gasteiger charge is -2.37. The molecule has 0 spiro atoms. The number of aromatic nitrogens is 2. The number of hydrogen-bond donors (Lipinski definition) is 0. The van der Waals surface area contributed by atoms with E-state index >= 15 is 0 Å². The van der Waals surface area contributed by atoms with Crippen LogP contribution in [0, 0.1) is 12.7 Å². The molecule has 0 unspecified atom stereocenters. The summed E-state index contributed by atoms with van der Waals surface area (Å²) in [6, 6.07) is 17.3. The second-order valence-electron chi connectivity index (χ2n) is 7.32. The van der Waals surface area contributed by atoms with Crippen LogP contribution in [0.25, 0.3) is 21.3 Å². The number of fused-ring (bicyclic) bond motifs is 1. The standard InChI is InChI=1S/C23H20ClFN4S/c1-15-19(16-7-3-2-4-8-16)20-21(26-23(24)27-22(20)30-15)29-13-11-28(12-14-29)18-10-6-5-9-17(18)25/h2-10H,11-14H2,1H3. The summed E-state index contributed by atoms with van der Waals surface area (Å²) in [6.45, 7) is 5.02. The minimum absolute atomic E-state index is 0.182. The van der Waals surface area contributed by atoms with Crippen LogP contribution in [-0.2, 0) is 0 Å². The van der Waals surface area contributed by atoms with E-state index in [1.807, 2.05) is 30.3 Å². The van der Waals surface area contributed by atoms with Gasteiger partial charge in [0.25, 0.3) is 0 Å². The Morgan fingerprint density at radius 2 is 1.57 bits per heavy atom. The van der Waals surface area contributed by atoms with E-state index in [2.05, 4.69) is 38.8 Å². The lowest BCUT2D eigenvalue weighted by Crippen LogP contribution is -2.47. The minimum atomic E-state index is -0.182. The van der Waals surface area contributed by atoms with E-state index in [0.717, 1.165) is 34.7 Å². The number of thiophene rings is 1. The molecule has 1 aliphatic rings. The largest absolute Gasteiger partial charge is 0.366 e. The summed E-state index contributed by atoms with van der Waals surface area (Å²) in [6.07, 6.45) is 0. The Bertz CT molecular complexity index is 1200. The number of anilines is 2. The van der Waals surface area contributed by atoms with Gasteiger partial charge in [0.05, 0.1) is 11.1 Å². The minimum Gasteiger partial charge on any atom is -0.366 e. The molecule has 0 aliphatic carbocycles. The summed E-state index contributed by atoms with van der Waals surface area (Å²) in [5, 5.41) is 1.31. The van der Waals surface area contributed by atoms with Gasteiger partial charge in [-0.15, -0.1) is 11.3 Å². The van der Waals surface area contributed by atoms with E-state index in [1.165, 1.54) is 16.5 Å². The molecule has 2 aromatic carbocycles. The molecule has 3 heterocycles. The van der Waals surface area contributed by atoms with Crippen LogP contribution < -0.4 is 9.80 Å². The maximum atomic E-state index is 14.2. The molecule has 0 saturated carbocycles. The Balaban J connectivity index is 1.53. The lowest BCUT2D eigenvalue weighted by atomic mass is 10.0. The first kappa shape index (κ1) is 19.3. The van der Waals surface area contributed by atoms with Crippen molar-refractivity contribution in [3.63, 3.8) is 0 Å². The molecular weight excluding hydrogens is 419 g/mol. The number of hydrogen-bond acceptors (Lipinski definition) is 5. The van der Waals surface area contributed by atoms with Crippen molar-refractivity contribution in [1.82, 2.24) is 9.97 Å². The highest BCUT2D eigenvalue weighted by Gasteiger charge is 2.25. The monoisotopic (exact) mass is 438 g/mol. The highest BCUT2D eigenvalue weighted by atomic mass is 35.5. The number of aryl methyl sites for hydroxylation is 1. The number of benzene rings is 2. The molecule has 0 N–H and O–H groups in total. The average Bonchev–Trinajstić information content (AvgIpc) is 3.09. The molecule has 4 nitrogen and oxygen atoms in total. The van der Waals surface area contributed by atoms with Crippen molar-refractivity contribution in [3.05, 3.63) is 70.6 Å². The van der Waals surface area contributed by atoms with Crippen LogP contribution in [0.2, 0.25) is 5.28 Å². The molecule has 1 fully saturated rings. The van der Waals surface area contributed by atoms with Gasteiger partial charge >= 0.3 is 0 Å². The van der Waals surface area contributed by atoms with Crippen LogP contribution in [-0.4, -0.2) is 36.1 Å². The van der Waals surface area contributed by atoms with Gasteiger partial charge in [-0.05, 0) is 36.2 Å². The zero-order chi connectivity index (χ0) is 20.7. The van der Waals surface area contributed by atoms with Gasteiger partial charge in [-0.2, -0.15) is 4.98 Å². The molecule has 0 bridgehead atoms. The van der Waals surface area contributed by atoms with Crippen LogP contribution in [0.15, 0.2) is 54.6 Å². The molecule has 0 atom stereocenters. The summed E-state index contributed by atoms with van der Waals surface area (Å²) < 4.78 is 14.2. The van der Waals surface area contributed by atoms with Crippen molar-refractivity contribution in [1.29, 1.82) is 0 Å². The summed E-state index contributed by atoms with van der Waals surface area (Å²) in [7, 11) is 0. The molecule has 2 aromatic heterocycles.